The maximum absolute atomic E-state index is 13.9. The Labute approximate surface area is 185 Å². The molecule has 2 aromatic heterocycles. The molecule has 0 aliphatic heterocycles. The van der Waals surface area contributed by atoms with Crippen LogP contribution in [0.15, 0.2) is 55.0 Å². The smallest absolute Gasteiger partial charge is 0.416 e. The number of anilines is 2. The lowest BCUT2D eigenvalue weighted by Crippen LogP contribution is -2.21. The minimum Gasteiger partial charge on any atom is -0.495 e. The average molecular weight is 459 g/mol. The molecule has 0 aliphatic carbocycles. The topological polar surface area (TPSA) is 81.1 Å². The maximum atomic E-state index is 13.9. The van der Waals surface area contributed by atoms with E-state index in [4.69, 9.17) is 4.74 Å². The zero-order valence-electron chi connectivity index (χ0n) is 17.4. The van der Waals surface area contributed by atoms with Gasteiger partial charge in [-0.2, -0.15) is 18.3 Å². The van der Waals surface area contributed by atoms with Gasteiger partial charge in [0.25, 0.3) is 0 Å². The fraction of sp³-hybridized carbons (Fsp3) is 0.136. The lowest BCUT2D eigenvalue weighted by molar-refractivity contribution is -0.137. The van der Waals surface area contributed by atoms with Gasteiger partial charge in [0.1, 0.15) is 11.6 Å². The Morgan fingerprint density at radius 1 is 1.03 bits per heavy atom. The third kappa shape index (κ3) is 4.43. The number of carbonyl (C=O) groups is 1. The first-order valence-electron chi connectivity index (χ1n) is 9.56. The molecule has 11 heteroatoms. The number of amides is 2. The van der Waals surface area contributed by atoms with Crippen LogP contribution in [0.3, 0.4) is 0 Å². The zero-order valence-corrected chi connectivity index (χ0v) is 17.4. The number of urea groups is 1. The molecule has 0 saturated heterocycles. The van der Waals surface area contributed by atoms with Gasteiger partial charge in [-0.05, 0) is 35.9 Å². The summed E-state index contributed by atoms with van der Waals surface area (Å²) in [7, 11) is 3.20. The van der Waals surface area contributed by atoms with Crippen molar-refractivity contribution in [3.63, 3.8) is 0 Å². The molecule has 0 fully saturated rings. The van der Waals surface area contributed by atoms with Gasteiger partial charge in [0, 0.05) is 24.2 Å². The van der Waals surface area contributed by atoms with Gasteiger partial charge in [-0.1, -0.05) is 6.07 Å². The van der Waals surface area contributed by atoms with E-state index in [0.29, 0.717) is 18.2 Å². The number of aromatic nitrogens is 3. The largest absolute Gasteiger partial charge is 0.495 e. The van der Waals surface area contributed by atoms with Crippen LogP contribution in [-0.2, 0) is 13.2 Å². The standard InChI is InChI=1S/C22H17F4N5O2/c1-31-19-11-27-9-14(15(19)10-28-31)12-3-6-17(20(7-12)33-2)29-21(32)30-18-8-13(22(24,25)26)4-5-16(18)23/h3-11H,1-2H3,(H2,29,30,32). The number of aryl methyl sites for hydroxylation is 1. The second-order valence-electron chi connectivity index (χ2n) is 7.07. The highest BCUT2D eigenvalue weighted by Gasteiger charge is 2.31. The van der Waals surface area contributed by atoms with E-state index in [2.05, 4.69) is 20.7 Å². The molecule has 7 nitrogen and oxygen atoms in total. The third-order valence-electron chi connectivity index (χ3n) is 4.98. The van der Waals surface area contributed by atoms with Gasteiger partial charge in [0.2, 0.25) is 0 Å². The van der Waals surface area contributed by atoms with Gasteiger partial charge in [-0.25, -0.2) is 9.18 Å². The molecule has 4 aromatic rings. The van der Waals surface area contributed by atoms with E-state index in [1.165, 1.54) is 7.11 Å². The maximum Gasteiger partial charge on any atom is 0.416 e. The van der Waals surface area contributed by atoms with Gasteiger partial charge in [-0.3, -0.25) is 9.67 Å². The van der Waals surface area contributed by atoms with Crippen molar-refractivity contribution >= 4 is 28.3 Å². The highest BCUT2D eigenvalue weighted by Crippen LogP contribution is 2.34. The summed E-state index contributed by atoms with van der Waals surface area (Å²) in [6.07, 6.45) is 0.402. The molecule has 33 heavy (non-hydrogen) atoms. The molecular weight excluding hydrogens is 442 g/mol. The summed E-state index contributed by atoms with van der Waals surface area (Å²) < 4.78 is 59.6. The van der Waals surface area contributed by atoms with Gasteiger partial charge in [0.05, 0.1) is 42.0 Å². The fourth-order valence-corrected chi connectivity index (χ4v) is 3.32. The molecule has 0 aliphatic rings. The molecule has 0 atom stereocenters. The molecule has 2 aromatic carbocycles. The summed E-state index contributed by atoms with van der Waals surface area (Å²) in [6.45, 7) is 0. The van der Waals surface area contributed by atoms with Gasteiger partial charge >= 0.3 is 12.2 Å². The SMILES string of the molecule is COc1cc(-c2cncc3c2cnn3C)ccc1NC(=O)Nc1cc(C(F)(F)F)ccc1F. The number of rotatable bonds is 4. The van der Waals surface area contributed by atoms with Crippen LogP contribution in [0.5, 0.6) is 5.75 Å². The second-order valence-corrected chi connectivity index (χ2v) is 7.07. The Kier molecular flexibility index (Phi) is 5.62. The second kappa shape index (κ2) is 8.41. The number of alkyl halides is 3. The molecule has 0 saturated carbocycles. The van der Waals surface area contributed by atoms with E-state index in [0.717, 1.165) is 22.0 Å². The number of pyridine rings is 1. The molecule has 2 amide bonds. The van der Waals surface area contributed by atoms with Crippen molar-refractivity contribution in [3.05, 3.63) is 66.4 Å². The molecule has 170 valence electrons. The number of hydrogen-bond acceptors (Lipinski definition) is 4. The highest BCUT2D eigenvalue weighted by atomic mass is 19.4. The number of benzene rings is 2. The molecule has 0 radical (unpaired) electrons. The van der Waals surface area contributed by atoms with Crippen LogP contribution in [0.4, 0.5) is 33.7 Å². The average Bonchev–Trinajstić information content (AvgIpc) is 3.16. The summed E-state index contributed by atoms with van der Waals surface area (Å²) in [4.78, 5) is 16.6. The lowest BCUT2D eigenvalue weighted by atomic mass is 10.0. The van der Waals surface area contributed by atoms with Crippen molar-refractivity contribution in [2.75, 3.05) is 17.7 Å². The summed E-state index contributed by atoms with van der Waals surface area (Å²) in [5.74, 6) is -0.717. The lowest BCUT2D eigenvalue weighted by Gasteiger charge is -2.14. The molecular formula is C22H17F4N5O2. The van der Waals surface area contributed by atoms with Crippen molar-refractivity contribution < 1.29 is 27.1 Å². The van der Waals surface area contributed by atoms with E-state index in [-0.39, 0.29) is 11.4 Å². The molecule has 0 unspecified atom stereocenters. The number of hydrogen-bond donors (Lipinski definition) is 2. The van der Waals surface area contributed by atoms with Crippen molar-refractivity contribution in [2.45, 2.75) is 6.18 Å². The third-order valence-corrected chi connectivity index (χ3v) is 4.98. The van der Waals surface area contributed by atoms with Crippen LogP contribution in [0.25, 0.3) is 22.0 Å². The number of nitrogens with zero attached hydrogens (tertiary/aromatic N) is 3. The Morgan fingerprint density at radius 3 is 2.52 bits per heavy atom. The van der Waals surface area contributed by atoms with Crippen LogP contribution in [-0.4, -0.2) is 27.9 Å². The fourth-order valence-electron chi connectivity index (χ4n) is 3.32. The number of ether oxygens (including phenoxy) is 1. The number of nitrogens with one attached hydrogen (secondary N) is 2. The minimum atomic E-state index is -4.67. The minimum absolute atomic E-state index is 0.234. The quantitative estimate of drug-likeness (QED) is 0.398. The summed E-state index contributed by atoms with van der Waals surface area (Å²) in [5.41, 5.74) is 0.911. The Morgan fingerprint density at radius 2 is 1.79 bits per heavy atom. The van der Waals surface area contributed by atoms with Crippen LogP contribution >= 0.6 is 0 Å². The number of fused-ring (bicyclic) bond motifs is 1. The van der Waals surface area contributed by atoms with Crippen molar-refractivity contribution in [1.82, 2.24) is 14.8 Å². The normalized spacial score (nSPS) is 11.5. The zero-order chi connectivity index (χ0) is 23.8. The summed E-state index contributed by atoms with van der Waals surface area (Å²) in [5, 5.41) is 9.65. The van der Waals surface area contributed by atoms with E-state index >= 15 is 0 Å². The first-order valence-corrected chi connectivity index (χ1v) is 9.56. The molecule has 4 rings (SSSR count). The van der Waals surface area contributed by atoms with E-state index in [9.17, 15) is 22.4 Å². The predicted octanol–water partition coefficient (Wildman–Crippen LogP) is 5.45. The van der Waals surface area contributed by atoms with Gasteiger partial charge in [0.15, 0.2) is 0 Å². The first kappa shape index (κ1) is 22.1. The van der Waals surface area contributed by atoms with Crippen LogP contribution < -0.4 is 15.4 Å². The van der Waals surface area contributed by atoms with Crippen molar-refractivity contribution in [3.8, 4) is 16.9 Å². The van der Waals surface area contributed by atoms with E-state index in [1.54, 1.807) is 48.5 Å². The van der Waals surface area contributed by atoms with E-state index < -0.39 is 29.3 Å². The Balaban J connectivity index is 1.59. The van der Waals surface area contributed by atoms with E-state index in [1.807, 2.05) is 0 Å². The number of carbonyl (C=O) groups excluding carboxylic acids is 1. The number of halogens is 4. The molecule has 0 bridgehead atoms. The van der Waals surface area contributed by atoms with Crippen LogP contribution in [0.2, 0.25) is 0 Å². The van der Waals surface area contributed by atoms with Crippen LogP contribution in [0, 0.1) is 5.82 Å². The first-order chi connectivity index (χ1) is 15.7. The Hall–Kier alpha value is -4.15. The molecule has 2 N–H and O–H groups in total. The summed E-state index contributed by atoms with van der Waals surface area (Å²) in [6, 6.07) is 5.77. The van der Waals surface area contributed by atoms with Crippen molar-refractivity contribution in [2.24, 2.45) is 7.05 Å². The Bertz CT molecular complexity index is 1350. The number of methoxy groups -OCH3 is 1. The van der Waals surface area contributed by atoms with Gasteiger partial charge in [-0.15, -0.1) is 0 Å². The van der Waals surface area contributed by atoms with Crippen LogP contribution in [0.1, 0.15) is 5.56 Å². The highest BCUT2D eigenvalue weighted by molar-refractivity contribution is 6.01. The molecule has 0 spiro atoms. The predicted molar refractivity (Wildman–Crippen MR) is 115 cm³/mol. The van der Waals surface area contributed by atoms with Crippen molar-refractivity contribution in [1.29, 1.82) is 0 Å². The molecule has 2 heterocycles. The monoisotopic (exact) mass is 459 g/mol. The van der Waals surface area contributed by atoms with Gasteiger partial charge < -0.3 is 15.4 Å². The summed E-state index contributed by atoms with van der Waals surface area (Å²) >= 11 is 0.